The quantitative estimate of drug-likeness (QED) is 0.830. The van der Waals surface area contributed by atoms with E-state index in [1.165, 1.54) is 24.3 Å². The Hall–Kier alpha value is -1.15. The Bertz CT molecular complexity index is 680. The second-order valence-corrected chi connectivity index (χ2v) is 8.37. The fourth-order valence-corrected chi connectivity index (χ4v) is 4.60. The van der Waals surface area contributed by atoms with Crippen molar-refractivity contribution in [1.29, 1.82) is 0 Å². The summed E-state index contributed by atoms with van der Waals surface area (Å²) in [4.78, 5) is 14.4. The maximum Gasteiger partial charge on any atom is 0.241 e. The predicted octanol–water partition coefficient (Wildman–Crippen LogP) is 0.685. The van der Waals surface area contributed by atoms with Crippen LogP contribution in [-0.4, -0.2) is 51.4 Å². The first-order valence-electron chi connectivity index (χ1n) is 7.64. The third-order valence-corrected chi connectivity index (χ3v) is 6.34. The molecule has 1 unspecified atom stereocenters. The molecule has 0 aliphatic carbocycles. The number of sulfonamides is 1. The van der Waals surface area contributed by atoms with Crippen LogP contribution in [0.1, 0.15) is 6.92 Å². The lowest BCUT2D eigenvalue weighted by Crippen LogP contribution is -2.46. The lowest BCUT2D eigenvalue weighted by molar-refractivity contribution is -0.131. The van der Waals surface area contributed by atoms with Gasteiger partial charge in [0.15, 0.2) is 0 Å². The number of fused-ring (bicyclic) bond motifs is 1. The van der Waals surface area contributed by atoms with Gasteiger partial charge < -0.3 is 10.2 Å². The number of rotatable bonds is 4. The number of amides is 1. The SMILES string of the molecule is CC(NS(=O)(=O)c1ccc(Cl)cc1)C(=O)N1C[C@H]2CNC[C@H]2C1. The Balaban J connectivity index is 1.65. The number of halogens is 1. The Morgan fingerprint density at radius 2 is 1.83 bits per heavy atom. The van der Waals surface area contributed by atoms with Crippen LogP contribution in [-0.2, 0) is 14.8 Å². The molecule has 2 fully saturated rings. The van der Waals surface area contributed by atoms with Crippen LogP contribution in [0.5, 0.6) is 0 Å². The van der Waals surface area contributed by atoms with Gasteiger partial charge in [0.05, 0.1) is 10.9 Å². The van der Waals surface area contributed by atoms with Crippen molar-refractivity contribution in [3.8, 4) is 0 Å². The van der Waals surface area contributed by atoms with E-state index in [4.69, 9.17) is 11.6 Å². The Labute approximate surface area is 141 Å². The maximum atomic E-state index is 12.5. The number of hydrogen-bond acceptors (Lipinski definition) is 4. The van der Waals surface area contributed by atoms with Crippen LogP contribution >= 0.6 is 11.6 Å². The van der Waals surface area contributed by atoms with Crippen LogP contribution in [0.4, 0.5) is 0 Å². The molecule has 2 heterocycles. The molecular formula is C15H20ClN3O3S. The molecule has 3 rings (SSSR count). The van der Waals surface area contributed by atoms with E-state index >= 15 is 0 Å². The number of nitrogens with one attached hydrogen (secondary N) is 2. The van der Waals surface area contributed by atoms with Crippen molar-refractivity contribution in [2.45, 2.75) is 17.9 Å². The molecule has 1 amide bonds. The molecule has 0 aromatic heterocycles. The highest BCUT2D eigenvalue weighted by molar-refractivity contribution is 7.89. The van der Waals surface area contributed by atoms with Gasteiger partial charge in [-0.3, -0.25) is 4.79 Å². The van der Waals surface area contributed by atoms with Gasteiger partial charge in [0.25, 0.3) is 0 Å². The molecular weight excluding hydrogens is 338 g/mol. The molecule has 2 saturated heterocycles. The highest BCUT2D eigenvalue weighted by Crippen LogP contribution is 2.26. The molecule has 0 bridgehead atoms. The van der Waals surface area contributed by atoms with Crippen molar-refractivity contribution in [2.24, 2.45) is 11.8 Å². The third-order valence-electron chi connectivity index (χ3n) is 4.53. The molecule has 0 radical (unpaired) electrons. The highest BCUT2D eigenvalue weighted by atomic mass is 35.5. The van der Waals surface area contributed by atoms with Crippen LogP contribution in [0.15, 0.2) is 29.2 Å². The molecule has 2 N–H and O–H groups in total. The molecule has 0 spiro atoms. The summed E-state index contributed by atoms with van der Waals surface area (Å²) in [7, 11) is -3.74. The topological polar surface area (TPSA) is 78.5 Å². The molecule has 1 aromatic rings. The number of likely N-dealkylation sites (tertiary alicyclic amines) is 1. The standard InChI is InChI=1S/C15H20ClN3O3S/c1-10(15(20)19-8-11-6-17-7-12(11)9-19)18-23(21,22)14-4-2-13(16)3-5-14/h2-5,10-12,17-18H,6-9H2,1H3/t10?,11-,12+. The molecule has 8 heteroatoms. The first-order chi connectivity index (χ1) is 10.9. The summed E-state index contributed by atoms with van der Waals surface area (Å²) in [6.07, 6.45) is 0. The molecule has 0 saturated carbocycles. The Morgan fingerprint density at radius 3 is 2.39 bits per heavy atom. The van der Waals surface area contributed by atoms with Gasteiger partial charge in [-0.2, -0.15) is 4.72 Å². The van der Waals surface area contributed by atoms with E-state index in [2.05, 4.69) is 10.0 Å². The predicted molar refractivity (Wildman–Crippen MR) is 87.7 cm³/mol. The van der Waals surface area contributed by atoms with Gasteiger partial charge in [0.2, 0.25) is 15.9 Å². The van der Waals surface area contributed by atoms with Crippen molar-refractivity contribution >= 4 is 27.5 Å². The van der Waals surface area contributed by atoms with Crippen LogP contribution in [0.3, 0.4) is 0 Å². The van der Waals surface area contributed by atoms with E-state index in [0.717, 1.165) is 13.1 Å². The first-order valence-corrected chi connectivity index (χ1v) is 9.50. The van der Waals surface area contributed by atoms with Gasteiger partial charge in [0.1, 0.15) is 0 Å². The zero-order chi connectivity index (χ0) is 16.6. The van der Waals surface area contributed by atoms with Crippen molar-refractivity contribution < 1.29 is 13.2 Å². The fourth-order valence-electron chi connectivity index (χ4n) is 3.27. The molecule has 1 aromatic carbocycles. The monoisotopic (exact) mass is 357 g/mol. The van der Waals surface area contributed by atoms with Gasteiger partial charge in [-0.15, -0.1) is 0 Å². The van der Waals surface area contributed by atoms with E-state index in [1.807, 2.05) is 0 Å². The molecule has 2 aliphatic heterocycles. The summed E-state index contributed by atoms with van der Waals surface area (Å²) in [5.74, 6) is 0.801. The second kappa shape index (κ2) is 6.39. The van der Waals surface area contributed by atoms with Crippen LogP contribution < -0.4 is 10.0 Å². The highest BCUT2D eigenvalue weighted by Gasteiger charge is 2.39. The zero-order valence-electron chi connectivity index (χ0n) is 12.8. The number of nitrogens with zero attached hydrogens (tertiary/aromatic N) is 1. The lowest BCUT2D eigenvalue weighted by Gasteiger charge is -2.22. The minimum Gasteiger partial charge on any atom is -0.341 e. The minimum absolute atomic E-state index is 0.101. The van der Waals surface area contributed by atoms with Crippen molar-refractivity contribution in [3.05, 3.63) is 29.3 Å². The minimum atomic E-state index is -3.74. The average molecular weight is 358 g/mol. The second-order valence-electron chi connectivity index (χ2n) is 6.22. The number of carbonyl (C=O) groups excluding carboxylic acids is 1. The van der Waals surface area contributed by atoms with Crippen molar-refractivity contribution in [1.82, 2.24) is 14.9 Å². The Morgan fingerprint density at radius 1 is 1.26 bits per heavy atom. The smallest absolute Gasteiger partial charge is 0.241 e. The average Bonchev–Trinajstić information content (AvgIpc) is 3.07. The Kier molecular flexibility index (Phi) is 4.64. The summed E-state index contributed by atoms with van der Waals surface area (Å²) >= 11 is 5.77. The van der Waals surface area contributed by atoms with E-state index in [9.17, 15) is 13.2 Å². The van der Waals surface area contributed by atoms with Crippen molar-refractivity contribution in [2.75, 3.05) is 26.2 Å². The van der Waals surface area contributed by atoms with E-state index in [0.29, 0.717) is 29.9 Å². The van der Waals surface area contributed by atoms with Gasteiger partial charge >= 0.3 is 0 Å². The van der Waals surface area contributed by atoms with E-state index in [-0.39, 0.29) is 10.8 Å². The lowest BCUT2D eigenvalue weighted by atomic mass is 10.0. The molecule has 23 heavy (non-hydrogen) atoms. The van der Waals surface area contributed by atoms with E-state index in [1.54, 1.807) is 11.8 Å². The summed E-state index contributed by atoms with van der Waals surface area (Å²) in [5.41, 5.74) is 0. The van der Waals surface area contributed by atoms with Crippen LogP contribution in [0, 0.1) is 11.8 Å². The number of benzene rings is 1. The van der Waals surface area contributed by atoms with Gasteiger partial charge in [-0.1, -0.05) is 11.6 Å². The van der Waals surface area contributed by atoms with Gasteiger partial charge in [-0.25, -0.2) is 8.42 Å². The van der Waals surface area contributed by atoms with E-state index < -0.39 is 16.1 Å². The molecule has 3 atom stereocenters. The number of carbonyl (C=O) groups is 1. The molecule has 6 nitrogen and oxygen atoms in total. The van der Waals surface area contributed by atoms with Gasteiger partial charge in [0, 0.05) is 31.2 Å². The van der Waals surface area contributed by atoms with Crippen LogP contribution in [0.25, 0.3) is 0 Å². The maximum absolute atomic E-state index is 12.5. The largest absolute Gasteiger partial charge is 0.341 e. The molecule has 2 aliphatic rings. The molecule has 126 valence electrons. The normalized spacial score (nSPS) is 25.4. The fraction of sp³-hybridized carbons (Fsp3) is 0.533. The summed E-state index contributed by atoms with van der Waals surface area (Å²) in [6.45, 7) is 4.84. The van der Waals surface area contributed by atoms with Gasteiger partial charge in [-0.05, 0) is 43.0 Å². The summed E-state index contributed by atoms with van der Waals surface area (Å²) in [6, 6.07) is 5.08. The van der Waals surface area contributed by atoms with Crippen LogP contribution in [0.2, 0.25) is 5.02 Å². The summed E-state index contributed by atoms with van der Waals surface area (Å²) < 4.78 is 27.1. The summed E-state index contributed by atoms with van der Waals surface area (Å²) in [5, 5.41) is 3.78. The third kappa shape index (κ3) is 3.52. The first kappa shape index (κ1) is 16.7. The van der Waals surface area contributed by atoms with Crippen molar-refractivity contribution in [3.63, 3.8) is 0 Å². The zero-order valence-corrected chi connectivity index (χ0v) is 14.4. The number of hydrogen-bond donors (Lipinski definition) is 2.